The molecule has 0 radical (unpaired) electrons. The lowest BCUT2D eigenvalue weighted by molar-refractivity contribution is -0.221. The number of aliphatic hydroxyl groups is 1. The summed E-state index contributed by atoms with van der Waals surface area (Å²) in [5.74, 6) is 1.15. The van der Waals surface area contributed by atoms with E-state index in [2.05, 4.69) is 9.97 Å². The van der Waals surface area contributed by atoms with Crippen LogP contribution in [0.15, 0.2) is 12.4 Å². The van der Waals surface area contributed by atoms with Crippen LogP contribution in [0.5, 0.6) is 0 Å². The van der Waals surface area contributed by atoms with Crippen LogP contribution in [0.3, 0.4) is 0 Å². The van der Waals surface area contributed by atoms with Gasteiger partial charge in [0.15, 0.2) is 6.10 Å². The summed E-state index contributed by atoms with van der Waals surface area (Å²) in [6.45, 7) is 1.46. The summed E-state index contributed by atoms with van der Waals surface area (Å²) < 4.78 is 43.3. The van der Waals surface area contributed by atoms with Gasteiger partial charge in [-0.2, -0.15) is 13.2 Å². The average molecular weight is 332 g/mol. The first kappa shape index (κ1) is 16.3. The molecule has 6 nitrogen and oxygen atoms in total. The van der Waals surface area contributed by atoms with Crippen LogP contribution >= 0.6 is 0 Å². The van der Waals surface area contributed by atoms with Crippen LogP contribution in [0.1, 0.15) is 12.8 Å². The zero-order valence-electron chi connectivity index (χ0n) is 12.5. The van der Waals surface area contributed by atoms with Gasteiger partial charge in [-0.1, -0.05) is 0 Å². The highest BCUT2D eigenvalue weighted by atomic mass is 19.4. The number of aromatic nitrogens is 2. The van der Waals surface area contributed by atoms with E-state index in [1.807, 2.05) is 4.90 Å². The molecule has 9 heteroatoms. The monoisotopic (exact) mass is 332 g/mol. The molecule has 23 heavy (non-hydrogen) atoms. The van der Waals surface area contributed by atoms with E-state index in [-0.39, 0.29) is 19.3 Å². The second kappa shape index (κ2) is 6.48. The molecule has 128 valence electrons. The maximum absolute atomic E-state index is 12.8. The minimum absolute atomic E-state index is 0.0133. The predicted molar refractivity (Wildman–Crippen MR) is 77.5 cm³/mol. The summed E-state index contributed by atoms with van der Waals surface area (Å²) in [5.41, 5.74) is 0. The fourth-order valence-electron chi connectivity index (χ4n) is 2.83. The van der Waals surface area contributed by atoms with E-state index in [0.29, 0.717) is 44.1 Å². The van der Waals surface area contributed by atoms with Gasteiger partial charge >= 0.3 is 6.18 Å². The van der Waals surface area contributed by atoms with Gasteiger partial charge in [-0.15, -0.1) is 0 Å². The molecule has 2 aliphatic rings. The van der Waals surface area contributed by atoms with E-state index in [4.69, 9.17) is 4.74 Å². The fraction of sp³-hybridized carbons (Fsp3) is 0.714. The van der Waals surface area contributed by atoms with E-state index >= 15 is 0 Å². The molecular formula is C14H19F3N4O2. The number of aliphatic hydroxyl groups excluding tert-OH is 1. The molecule has 2 fully saturated rings. The number of hydrogen-bond acceptors (Lipinski definition) is 6. The number of morpholine rings is 1. The van der Waals surface area contributed by atoms with Crippen LogP contribution in [0.25, 0.3) is 0 Å². The van der Waals surface area contributed by atoms with Gasteiger partial charge in [-0.05, 0) is 12.8 Å². The van der Waals surface area contributed by atoms with Crippen molar-refractivity contribution >= 4 is 11.6 Å². The summed E-state index contributed by atoms with van der Waals surface area (Å²) in [4.78, 5) is 11.9. The number of rotatable bonds is 2. The van der Waals surface area contributed by atoms with E-state index in [1.165, 1.54) is 6.33 Å². The van der Waals surface area contributed by atoms with Crippen LogP contribution in [-0.2, 0) is 4.74 Å². The molecule has 3 rings (SSSR count). The van der Waals surface area contributed by atoms with Gasteiger partial charge in [0.1, 0.15) is 18.0 Å². The standard InChI is InChI=1S/C14H19F3N4O2/c15-14(16,17)11-8-21(5-6-23-11)13-7-12(18-9-19-13)20-3-1-10(22)2-4-20/h7,9-11,22H,1-6,8H2/t11-/m0/s1. The van der Waals surface area contributed by atoms with Gasteiger partial charge in [0.05, 0.1) is 19.3 Å². The Bertz CT molecular complexity index is 535. The van der Waals surface area contributed by atoms with Crippen molar-refractivity contribution in [3.05, 3.63) is 12.4 Å². The zero-order valence-corrected chi connectivity index (χ0v) is 12.5. The maximum Gasteiger partial charge on any atom is 0.416 e. The Kier molecular flexibility index (Phi) is 4.58. The van der Waals surface area contributed by atoms with E-state index in [1.54, 1.807) is 11.0 Å². The molecule has 0 spiro atoms. The van der Waals surface area contributed by atoms with Crippen LogP contribution in [0, 0.1) is 0 Å². The minimum Gasteiger partial charge on any atom is -0.393 e. The Hall–Kier alpha value is -1.61. The SMILES string of the molecule is OC1CCN(c2cc(N3CCO[C@H](C(F)(F)F)C3)ncn2)CC1. The van der Waals surface area contributed by atoms with Crippen LogP contribution in [0.4, 0.5) is 24.8 Å². The lowest BCUT2D eigenvalue weighted by Crippen LogP contribution is -2.49. The molecule has 2 aliphatic heterocycles. The Morgan fingerprint density at radius 2 is 1.74 bits per heavy atom. The second-order valence-corrected chi connectivity index (χ2v) is 5.80. The van der Waals surface area contributed by atoms with Crippen molar-refractivity contribution in [3.63, 3.8) is 0 Å². The van der Waals surface area contributed by atoms with E-state index in [9.17, 15) is 18.3 Å². The lowest BCUT2D eigenvalue weighted by Gasteiger charge is -2.35. The number of nitrogens with zero attached hydrogens (tertiary/aromatic N) is 4. The molecule has 0 bridgehead atoms. The number of halogens is 3. The summed E-state index contributed by atoms with van der Waals surface area (Å²) >= 11 is 0. The predicted octanol–water partition coefficient (Wildman–Crippen LogP) is 1.21. The van der Waals surface area contributed by atoms with Gasteiger partial charge in [0.25, 0.3) is 0 Å². The van der Waals surface area contributed by atoms with Crippen LogP contribution in [-0.4, -0.2) is 66.2 Å². The fourth-order valence-corrected chi connectivity index (χ4v) is 2.83. The molecule has 1 aromatic heterocycles. The van der Waals surface area contributed by atoms with Crippen molar-refractivity contribution in [2.45, 2.75) is 31.2 Å². The smallest absolute Gasteiger partial charge is 0.393 e. The first-order chi connectivity index (χ1) is 10.9. The van der Waals surface area contributed by atoms with Crippen molar-refractivity contribution < 1.29 is 23.0 Å². The molecule has 0 aromatic carbocycles. The van der Waals surface area contributed by atoms with Crippen molar-refractivity contribution in [3.8, 4) is 0 Å². The van der Waals surface area contributed by atoms with Gasteiger partial charge in [0, 0.05) is 25.7 Å². The average Bonchev–Trinajstić information content (AvgIpc) is 2.55. The number of ether oxygens (including phenoxy) is 1. The van der Waals surface area contributed by atoms with Gasteiger partial charge in [0.2, 0.25) is 0 Å². The third-order valence-electron chi connectivity index (χ3n) is 4.18. The Labute approximate surface area is 131 Å². The Morgan fingerprint density at radius 3 is 2.39 bits per heavy atom. The lowest BCUT2D eigenvalue weighted by atomic mass is 10.1. The molecule has 0 aliphatic carbocycles. The molecule has 0 amide bonds. The third kappa shape index (κ3) is 3.84. The highest BCUT2D eigenvalue weighted by Crippen LogP contribution is 2.28. The molecular weight excluding hydrogens is 313 g/mol. The van der Waals surface area contributed by atoms with Crippen molar-refractivity contribution in [1.29, 1.82) is 0 Å². The molecule has 0 saturated carbocycles. The number of alkyl halides is 3. The van der Waals surface area contributed by atoms with Crippen molar-refractivity contribution in [1.82, 2.24) is 9.97 Å². The maximum atomic E-state index is 12.8. The number of anilines is 2. The molecule has 3 heterocycles. The Morgan fingerprint density at radius 1 is 1.09 bits per heavy atom. The molecule has 1 aromatic rings. The first-order valence-corrected chi connectivity index (χ1v) is 7.62. The summed E-state index contributed by atoms with van der Waals surface area (Å²) in [5, 5.41) is 9.55. The second-order valence-electron chi connectivity index (χ2n) is 5.80. The highest BCUT2D eigenvalue weighted by molar-refractivity contribution is 5.50. The Balaban J connectivity index is 1.72. The van der Waals surface area contributed by atoms with Gasteiger partial charge < -0.3 is 19.6 Å². The highest BCUT2D eigenvalue weighted by Gasteiger charge is 2.43. The third-order valence-corrected chi connectivity index (χ3v) is 4.18. The largest absolute Gasteiger partial charge is 0.416 e. The number of piperidine rings is 1. The topological polar surface area (TPSA) is 61.7 Å². The summed E-state index contributed by atoms with van der Waals surface area (Å²) in [7, 11) is 0. The van der Waals surface area contributed by atoms with Crippen molar-refractivity contribution in [2.75, 3.05) is 42.6 Å². The van der Waals surface area contributed by atoms with Crippen LogP contribution in [0.2, 0.25) is 0 Å². The summed E-state index contributed by atoms with van der Waals surface area (Å²) in [6, 6.07) is 1.70. The normalized spacial score (nSPS) is 24.1. The minimum atomic E-state index is -4.38. The van der Waals surface area contributed by atoms with Gasteiger partial charge in [-0.3, -0.25) is 0 Å². The van der Waals surface area contributed by atoms with Gasteiger partial charge in [-0.25, -0.2) is 9.97 Å². The van der Waals surface area contributed by atoms with Crippen molar-refractivity contribution in [2.24, 2.45) is 0 Å². The first-order valence-electron chi connectivity index (χ1n) is 7.62. The molecule has 0 unspecified atom stereocenters. The number of hydrogen-bond donors (Lipinski definition) is 1. The van der Waals surface area contributed by atoms with E-state index in [0.717, 1.165) is 0 Å². The molecule has 2 saturated heterocycles. The van der Waals surface area contributed by atoms with Crippen LogP contribution < -0.4 is 9.80 Å². The summed E-state index contributed by atoms with van der Waals surface area (Å²) in [6.07, 6.45) is -3.77. The quantitative estimate of drug-likeness (QED) is 0.878. The van der Waals surface area contributed by atoms with E-state index < -0.39 is 12.3 Å². The molecule has 1 atom stereocenters. The zero-order chi connectivity index (χ0) is 16.4. The molecule has 1 N–H and O–H groups in total.